The Morgan fingerprint density at radius 2 is 1.90 bits per heavy atom. The van der Waals surface area contributed by atoms with Crippen LogP contribution in [-0.2, 0) is 25.7 Å². The van der Waals surface area contributed by atoms with Crippen molar-refractivity contribution >= 4 is 11.9 Å². The average Bonchev–Trinajstić information content (AvgIpc) is 2.49. The van der Waals surface area contributed by atoms with E-state index < -0.39 is 5.92 Å². The molecule has 1 aromatic carbocycles. The van der Waals surface area contributed by atoms with E-state index in [4.69, 9.17) is 4.74 Å². The van der Waals surface area contributed by atoms with Gasteiger partial charge in [0.2, 0.25) is 0 Å². The van der Waals surface area contributed by atoms with E-state index in [9.17, 15) is 9.59 Å². The molecule has 20 heavy (non-hydrogen) atoms. The minimum atomic E-state index is -0.411. The first-order valence-electron chi connectivity index (χ1n) is 6.94. The van der Waals surface area contributed by atoms with Gasteiger partial charge >= 0.3 is 11.9 Å². The van der Waals surface area contributed by atoms with Crippen LogP contribution in [0.4, 0.5) is 0 Å². The highest BCUT2D eigenvalue weighted by Crippen LogP contribution is 2.16. The number of ether oxygens (including phenoxy) is 2. The molecule has 0 bridgehead atoms. The third-order valence-corrected chi connectivity index (χ3v) is 3.10. The molecule has 1 rings (SSSR count). The molecule has 110 valence electrons. The molecule has 1 aromatic rings. The molecular formula is C16H22O4. The van der Waals surface area contributed by atoms with Crippen LogP contribution in [-0.4, -0.2) is 19.0 Å². The van der Waals surface area contributed by atoms with E-state index in [1.165, 1.54) is 7.11 Å². The Balaban J connectivity index is 2.51. The fourth-order valence-electron chi connectivity index (χ4n) is 1.88. The summed E-state index contributed by atoms with van der Waals surface area (Å²) in [6.45, 7) is 2.29. The van der Waals surface area contributed by atoms with Gasteiger partial charge in [-0.2, -0.15) is 0 Å². The lowest BCUT2D eigenvalue weighted by molar-refractivity contribution is -0.155. The van der Waals surface area contributed by atoms with E-state index >= 15 is 0 Å². The lowest BCUT2D eigenvalue weighted by atomic mass is 9.99. The highest BCUT2D eigenvalue weighted by molar-refractivity contribution is 5.79. The van der Waals surface area contributed by atoms with E-state index in [-0.39, 0.29) is 25.0 Å². The summed E-state index contributed by atoms with van der Waals surface area (Å²) in [5.74, 6) is -1.11. The molecule has 0 aliphatic rings. The van der Waals surface area contributed by atoms with Gasteiger partial charge in [-0.25, -0.2) is 0 Å². The van der Waals surface area contributed by atoms with Gasteiger partial charge in [0.05, 0.1) is 19.4 Å². The van der Waals surface area contributed by atoms with Gasteiger partial charge in [0.1, 0.15) is 6.61 Å². The molecule has 1 atom stereocenters. The smallest absolute Gasteiger partial charge is 0.309 e. The third-order valence-electron chi connectivity index (χ3n) is 3.10. The zero-order valence-electron chi connectivity index (χ0n) is 12.1. The Kier molecular flexibility index (Phi) is 7.40. The largest absolute Gasteiger partial charge is 0.469 e. The zero-order valence-corrected chi connectivity index (χ0v) is 12.1. The molecule has 0 aliphatic carbocycles. The number of carbonyl (C=O) groups excluding carboxylic acids is 2. The maximum absolute atomic E-state index is 12.0. The standard InChI is InChI=1S/C16H22O4/c1-3-4-10-14(11-15(17)19-2)16(18)20-12-13-8-6-5-7-9-13/h5-9,14H,3-4,10-12H2,1-2H3. The minimum Gasteiger partial charge on any atom is -0.469 e. The normalized spacial score (nSPS) is 11.7. The zero-order chi connectivity index (χ0) is 14.8. The summed E-state index contributed by atoms with van der Waals surface area (Å²) in [5.41, 5.74) is 0.938. The summed E-state index contributed by atoms with van der Waals surface area (Å²) >= 11 is 0. The summed E-state index contributed by atoms with van der Waals surface area (Å²) in [6, 6.07) is 9.49. The van der Waals surface area contributed by atoms with Crippen LogP contribution in [0.3, 0.4) is 0 Å². The number of methoxy groups -OCH3 is 1. The van der Waals surface area contributed by atoms with Crippen LogP contribution in [0.25, 0.3) is 0 Å². The van der Waals surface area contributed by atoms with Gasteiger partial charge in [-0.3, -0.25) is 9.59 Å². The fourth-order valence-corrected chi connectivity index (χ4v) is 1.88. The summed E-state index contributed by atoms with van der Waals surface area (Å²) in [6.07, 6.45) is 2.61. The highest BCUT2D eigenvalue weighted by Gasteiger charge is 2.23. The fraction of sp³-hybridized carbons (Fsp3) is 0.500. The van der Waals surface area contributed by atoms with Gasteiger partial charge in [-0.15, -0.1) is 0 Å². The Morgan fingerprint density at radius 3 is 2.50 bits per heavy atom. The van der Waals surface area contributed by atoms with Gasteiger partial charge in [0, 0.05) is 0 Å². The van der Waals surface area contributed by atoms with Crippen molar-refractivity contribution in [3.8, 4) is 0 Å². The van der Waals surface area contributed by atoms with Gasteiger partial charge in [-0.1, -0.05) is 50.1 Å². The van der Waals surface area contributed by atoms with Gasteiger partial charge in [-0.05, 0) is 12.0 Å². The van der Waals surface area contributed by atoms with E-state index in [1.807, 2.05) is 37.3 Å². The van der Waals surface area contributed by atoms with Crippen molar-refractivity contribution in [3.63, 3.8) is 0 Å². The maximum Gasteiger partial charge on any atom is 0.309 e. The Morgan fingerprint density at radius 1 is 1.20 bits per heavy atom. The number of carbonyl (C=O) groups is 2. The van der Waals surface area contributed by atoms with Gasteiger partial charge < -0.3 is 9.47 Å². The van der Waals surface area contributed by atoms with Crippen molar-refractivity contribution in [3.05, 3.63) is 35.9 Å². The summed E-state index contributed by atoms with van der Waals surface area (Å²) in [5, 5.41) is 0. The van der Waals surface area contributed by atoms with Crippen LogP contribution in [0.2, 0.25) is 0 Å². The molecule has 1 unspecified atom stereocenters. The minimum absolute atomic E-state index is 0.0874. The van der Waals surface area contributed by atoms with Crippen molar-refractivity contribution in [1.82, 2.24) is 0 Å². The van der Waals surface area contributed by atoms with Crippen LogP contribution in [0.1, 0.15) is 38.2 Å². The summed E-state index contributed by atoms with van der Waals surface area (Å²) in [4.78, 5) is 23.4. The first-order chi connectivity index (χ1) is 9.67. The highest BCUT2D eigenvalue weighted by atomic mass is 16.5. The number of hydrogen-bond donors (Lipinski definition) is 0. The number of esters is 2. The molecule has 0 saturated heterocycles. The quantitative estimate of drug-likeness (QED) is 0.686. The molecule has 0 aromatic heterocycles. The Hall–Kier alpha value is -1.84. The SMILES string of the molecule is CCCCC(CC(=O)OC)C(=O)OCc1ccccc1. The average molecular weight is 278 g/mol. The number of benzene rings is 1. The molecule has 0 amide bonds. The Labute approximate surface area is 120 Å². The topological polar surface area (TPSA) is 52.6 Å². The molecule has 0 spiro atoms. The van der Waals surface area contributed by atoms with Crippen molar-refractivity contribution in [2.24, 2.45) is 5.92 Å². The van der Waals surface area contributed by atoms with Crippen molar-refractivity contribution in [1.29, 1.82) is 0 Å². The van der Waals surface area contributed by atoms with Crippen molar-refractivity contribution in [2.45, 2.75) is 39.2 Å². The molecule has 0 N–H and O–H groups in total. The second-order valence-corrected chi connectivity index (χ2v) is 4.71. The predicted molar refractivity (Wildman–Crippen MR) is 75.9 cm³/mol. The van der Waals surface area contributed by atoms with E-state index in [1.54, 1.807) is 0 Å². The van der Waals surface area contributed by atoms with Crippen LogP contribution in [0.5, 0.6) is 0 Å². The Bertz CT molecular complexity index is 414. The molecule has 0 fully saturated rings. The maximum atomic E-state index is 12.0. The van der Waals surface area contributed by atoms with Gasteiger partial charge in [0.15, 0.2) is 0 Å². The van der Waals surface area contributed by atoms with Crippen LogP contribution in [0, 0.1) is 5.92 Å². The van der Waals surface area contributed by atoms with E-state index in [2.05, 4.69) is 4.74 Å². The molecule has 0 heterocycles. The molecule has 0 aliphatic heterocycles. The monoisotopic (exact) mass is 278 g/mol. The number of unbranched alkanes of at least 4 members (excludes halogenated alkanes) is 1. The van der Waals surface area contributed by atoms with Crippen LogP contribution >= 0.6 is 0 Å². The molecule has 0 radical (unpaired) electrons. The second-order valence-electron chi connectivity index (χ2n) is 4.71. The molecule has 0 saturated carbocycles. The van der Waals surface area contributed by atoms with Gasteiger partial charge in [0.25, 0.3) is 0 Å². The van der Waals surface area contributed by atoms with E-state index in [0.29, 0.717) is 6.42 Å². The number of hydrogen-bond acceptors (Lipinski definition) is 4. The lowest BCUT2D eigenvalue weighted by Gasteiger charge is -2.14. The number of rotatable bonds is 8. The second kappa shape index (κ2) is 9.13. The summed E-state index contributed by atoms with van der Waals surface area (Å²) in [7, 11) is 1.33. The van der Waals surface area contributed by atoms with E-state index in [0.717, 1.165) is 18.4 Å². The predicted octanol–water partition coefficient (Wildman–Crippen LogP) is 3.10. The molecule has 4 nitrogen and oxygen atoms in total. The van der Waals surface area contributed by atoms with Crippen LogP contribution in [0.15, 0.2) is 30.3 Å². The summed E-state index contributed by atoms with van der Waals surface area (Å²) < 4.78 is 9.91. The third kappa shape index (κ3) is 5.87. The van der Waals surface area contributed by atoms with Crippen LogP contribution < -0.4 is 0 Å². The van der Waals surface area contributed by atoms with Crippen molar-refractivity contribution < 1.29 is 19.1 Å². The lowest BCUT2D eigenvalue weighted by Crippen LogP contribution is -2.21. The molecule has 4 heteroatoms. The molecular weight excluding hydrogens is 256 g/mol. The first-order valence-corrected chi connectivity index (χ1v) is 6.94. The first kappa shape index (κ1) is 16.2. The van der Waals surface area contributed by atoms with Crippen molar-refractivity contribution in [2.75, 3.05) is 7.11 Å².